The number of halogens is 1. The van der Waals surface area contributed by atoms with Gasteiger partial charge in [0.25, 0.3) is 5.91 Å². The summed E-state index contributed by atoms with van der Waals surface area (Å²) in [6.07, 6.45) is 1.93. The molecule has 0 fully saturated rings. The van der Waals surface area contributed by atoms with E-state index in [4.69, 9.17) is 0 Å². The summed E-state index contributed by atoms with van der Waals surface area (Å²) in [5, 5.41) is 4.43. The number of nitrogens with zero attached hydrogens (tertiary/aromatic N) is 3. The summed E-state index contributed by atoms with van der Waals surface area (Å²) in [5.74, 6) is 0.00273. The van der Waals surface area contributed by atoms with Crippen molar-refractivity contribution in [3.8, 4) is 0 Å². The highest BCUT2D eigenvalue weighted by molar-refractivity contribution is 9.10. The van der Waals surface area contributed by atoms with Gasteiger partial charge in [-0.1, -0.05) is 17.7 Å². The monoisotopic (exact) mass is 335 g/mol. The Kier molecular flexibility index (Phi) is 4.60. The van der Waals surface area contributed by atoms with Crippen molar-refractivity contribution >= 4 is 21.8 Å². The lowest BCUT2D eigenvalue weighted by atomic mass is 10.1. The molecule has 0 radical (unpaired) electrons. The molecule has 0 N–H and O–H groups in total. The van der Waals surface area contributed by atoms with Crippen LogP contribution < -0.4 is 0 Å². The van der Waals surface area contributed by atoms with Crippen molar-refractivity contribution in [2.45, 2.75) is 26.9 Å². The van der Waals surface area contributed by atoms with Crippen molar-refractivity contribution < 1.29 is 4.79 Å². The first-order valence-electron chi connectivity index (χ1n) is 6.55. The molecule has 106 valence electrons. The van der Waals surface area contributed by atoms with Gasteiger partial charge in [-0.05, 0) is 41.9 Å². The van der Waals surface area contributed by atoms with E-state index >= 15 is 0 Å². The molecule has 0 bridgehead atoms. The number of hydrogen-bond donors (Lipinski definition) is 0. The summed E-state index contributed by atoms with van der Waals surface area (Å²) < 4.78 is 2.78. The van der Waals surface area contributed by atoms with Crippen molar-refractivity contribution in [2.75, 3.05) is 7.05 Å². The third kappa shape index (κ3) is 3.28. The summed E-state index contributed by atoms with van der Waals surface area (Å²) in [6.45, 7) is 5.34. The molecular weight excluding hydrogens is 318 g/mol. The van der Waals surface area contributed by atoms with Crippen LogP contribution in [0, 0.1) is 6.92 Å². The molecule has 1 aromatic carbocycles. The quantitative estimate of drug-likeness (QED) is 0.860. The van der Waals surface area contributed by atoms with E-state index in [9.17, 15) is 4.79 Å². The maximum Gasteiger partial charge on any atom is 0.253 e. The number of benzene rings is 1. The number of hydrogen-bond acceptors (Lipinski definition) is 2. The van der Waals surface area contributed by atoms with Crippen LogP contribution >= 0.6 is 15.9 Å². The number of carbonyl (C=O) groups is 1. The van der Waals surface area contributed by atoms with Gasteiger partial charge in [0, 0.05) is 25.4 Å². The molecule has 2 aromatic rings. The second-order valence-corrected chi connectivity index (χ2v) is 5.66. The minimum atomic E-state index is 0.00273. The smallest absolute Gasteiger partial charge is 0.253 e. The number of aryl methyl sites for hydroxylation is 2. The minimum absolute atomic E-state index is 0.00273. The predicted molar refractivity (Wildman–Crippen MR) is 82.6 cm³/mol. The van der Waals surface area contributed by atoms with Crippen LogP contribution in [-0.2, 0) is 13.1 Å². The van der Waals surface area contributed by atoms with Gasteiger partial charge in [-0.25, -0.2) is 0 Å². The Morgan fingerprint density at radius 1 is 1.35 bits per heavy atom. The normalized spacial score (nSPS) is 10.6. The molecule has 4 nitrogen and oxygen atoms in total. The Hall–Kier alpha value is -1.62. The molecule has 0 aliphatic rings. The first-order chi connectivity index (χ1) is 9.51. The maximum atomic E-state index is 12.3. The first kappa shape index (κ1) is 14.8. The van der Waals surface area contributed by atoms with Crippen LogP contribution in [0.2, 0.25) is 0 Å². The van der Waals surface area contributed by atoms with Crippen molar-refractivity contribution in [3.63, 3.8) is 0 Å². The van der Waals surface area contributed by atoms with Crippen LogP contribution in [0.1, 0.15) is 28.5 Å². The van der Waals surface area contributed by atoms with Gasteiger partial charge >= 0.3 is 0 Å². The average Bonchev–Trinajstić information content (AvgIpc) is 2.79. The summed E-state index contributed by atoms with van der Waals surface area (Å²) >= 11 is 3.48. The molecule has 0 saturated heterocycles. The number of aromatic nitrogens is 2. The third-order valence-electron chi connectivity index (χ3n) is 3.14. The fourth-order valence-electron chi connectivity index (χ4n) is 1.92. The van der Waals surface area contributed by atoms with Crippen LogP contribution in [0.4, 0.5) is 0 Å². The van der Waals surface area contributed by atoms with Gasteiger partial charge in [0.15, 0.2) is 0 Å². The molecule has 0 atom stereocenters. The molecular formula is C15H18BrN3O. The fourth-order valence-corrected chi connectivity index (χ4v) is 2.36. The molecule has 2 rings (SSSR count). The second kappa shape index (κ2) is 6.22. The van der Waals surface area contributed by atoms with Crippen molar-refractivity contribution in [1.82, 2.24) is 14.7 Å². The van der Waals surface area contributed by atoms with Gasteiger partial charge in [0.05, 0.1) is 16.7 Å². The van der Waals surface area contributed by atoms with Crippen molar-refractivity contribution in [3.05, 3.63) is 51.8 Å². The molecule has 0 spiro atoms. The molecule has 5 heteroatoms. The van der Waals surface area contributed by atoms with E-state index in [0.717, 1.165) is 22.3 Å². The Morgan fingerprint density at radius 3 is 2.55 bits per heavy atom. The molecule has 20 heavy (non-hydrogen) atoms. The van der Waals surface area contributed by atoms with Crippen LogP contribution in [0.25, 0.3) is 0 Å². The van der Waals surface area contributed by atoms with E-state index in [0.29, 0.717) is 12.1 Å². The molecule has 1 aromatic heterocycles. The topological polar surface area (TPSA) is 38.1 Å². The van der Waals surface area contributed by atoms with E-state index in [1.165, 1.54) is 0 Å². The molecule has 0 aliphatic heterocycles. The van der Waals surface area contributed by atoms with Crippen molar-refractivity contribution in [2.24, 2.45) is 0 Å². The van der Waals surface area contributed by atoms with Crippen LogP contribution in [-0.4, -0.2) is 27.6 Å². The van der Waals surface area contributed by atoms with Gasteiger partial charge in [0.2, 0.25) is 0 Å². The SMILES string of the molecule is CCn1cc(Br)c(CN(C)C(=O)c2ccc(C)cc2)n1. The molecule has 0 saturated carbocycles. The lowest BCUT2D eigenvalue weighted by Crippen LogP contribution is -2.26. The zero-order valence-electron chi connectivity index (χ0n) is 11.9. The Bertz CT molecular complexity index is 604. The van der Waals surface area contributed by atoms with E-state index in [1.54, 1.807) is 11.9 Å². The van der Waals surface area contributed by atoms with Crippen LogP contribution in [0.3, 0.4) is 0 Å². The number of carbonyl (C=O) groups excluding carboxylic acids is 1. The summed E-state index contributed by atoms with van der Waals surface area (Å²) in [7, 11) is 1.79. The molecule has 1 heterocycles. The van der Waals surface area contributed by atoms with Crippen molar-refractivity contribution in [1.29, 1.82) is 0 Å². The first-order valence-corrected chi connectivity index (χ1v) is 7.34. The maximum absolute atomic E-state index is 12.3. The molecule has 1 amide bonds. The van der Waals surface area contributed by atoms with Gasteiger partial charge in [-0.2, -0.15) is 5.10 Å². The zero-order valence-corrected chi connectivity index (χ0v) is 13.5. The Balaban J connectivity index is 2.10. The number of amides is 1. The number of rotatable bonds is 4. The largest absolute Gasteiger partial charge is 0.336 e. The Labute approximate surface area is 127 Å². The van der Waals surface area contributed by atoms with E-state index in [1.807, 2.05) is 49.0 Å². The van der Waals surface area contributed by atoms with Gasteiger partial charge in [-0.3, -0.25) is 9.48 Å². The Morgan fingerprint density at radius 2 is 2.00 bits per heavy atom. The second-order valence-electron chi connectivity index (χ2n) is 4.81. The lowest BCUT2D eigenvalue weighted by molar-refractivity contribution is 0.0783. The lowest BCUT2D eigenvalue weighted by Gasteiger charge is -2.16. The summed E-state index contributed by atoms with van der Waals surface area (Å²) in [5.41, 5.74) is 2.72. The van der Waals surface area contributed by atoms with E-state index in [2.05, 4.69) is 21.0 Å². The fraction of sp³-hybridized carbons (Fsp3) is 0.333. The average molecular weight is 336 g/mol. The van der Waals surface area contributed by atoms with Crippen LogP contribution in [0.5, 0.6) is 0 Å². The summed E-state index contributed by atoms with van der Waals surface area (Å²) in [6, 6.07) is 7.60. The zero-order chi connectivity index (χ0) is 14.7. The van der Waals surface area contributed by atoms with Gasteiger partial charge in [-0.15, -0.1) is 0 Å². The summed E-state index contributed by atoms with van der Waals surface area (Å²) in [4.78, 5) is 14.0. The highest BCUT2D eigenvalue weighted by atomic mass is 79.9. The van der Waals surface area contributed by atoms with Gasteiger partial charge in [0.1, 0.15) is 0 Å². The highest BCUT2D eigenvalue weighted by Gasteiger charge is 2.15. The van der Waals surface area contributed by atoms with E-state index < -0.39 is 0 Å². The standard InChI is InChI=1S/C15H18BrN3O/c1-4-19-9-13(16)14(17-19)10-18(3)15(20)12-7-5-11(2)6-8-12/h5-9H,4,10H2,1-3H3. The van der Waals surface area contributed by atoms with Crippen LogP contribution in [0.15, 0.2) is 34.9 Å². The molecule has 0 unspecified atom stereocenters. The third-order valence-corrected chi connectivity index (χ3v) is 3.81. The van der Waals surface area contributed by atoms with Gasteiger partial charge < -0.3 is 4.90 Å². The van der Waals surface area contributed by atoms with E-state index in [-0.39, 0.29) is 5.91 Å². The highest BCUT2D eigenvalue weighted by Crippen LogP contribution is 2.17. The molecule has 0 aliphatic carbocycles. The minimum Gasteiger partial charge on any atom is -0.336 e. The predicted octanol–water partition coefficient (Wildman–Crippen LogP) is 3.25.